The molecule has 1 heterocycles. The number of imidazole rings is 1. The van der Waals surface area contributed by atoms with Gasteiger partial charge in [-0.1, -0.05) is 6.92 Å². The van der Waals surface area contributed by atoms with Crippen LogP contribution in [0.1, 0.15) is 39.0 Å². The number of benzene rings is 1. The van der Waals surface area contributed by atoms with E-state index in [0.29, 0.717) is 38.4 Å². The largest absolute Gasteiger partial charge is 0.461 e. The number of aromatic nitrogens is 2. The molecule has 0 radical (unpaired) electrons. The quantitative estimate of drug-likeness (QED) is 0.593. The average molecular weight is 447 g/mol. The summed E-state index contributed by atoms with van der Waals surface area (Å²) in [4.78, 5) is 14.9. The van der Waals surface area contributed by atoms with E-state index >= 15 is 0 Å². The lowest BCUT2D eigenvalue weighted by atomic mass is 9.95. The van der Waals surface area contributed by atoms with E-state index in [1.807, 2.05) is 6.92 Å². The van der Waals surface area contributed by atoms with Crippen molar-refractivity contribution >= 4 is 16.9 Å². The Balaban J connectivity index is 1.63. The highest BCUT2D eigenvalue weighted by Crippen LogP contribution is 2.33. The molecule has 0 aliphatic heterocycles. The number of amides is 1. The molecule has 1 fully saturated rings. The fourth-order valence-corrected chi connectivity index (χ4v) is 3.72. The molecular formula is C20H25F4N3O4. The lowest BCUT2D eigenvalue weighted by Crippen LogP contribution is -2.30. The zero-order chi connectivity index (χ0) is 22.7. The summed E-state index contributed by atoms with van der Waals surface area (Å²) in [5.41, 5.74) is 4.54. The number of aryl methyl sites for hydroxylation is 1. The summed E-state index contributed by atoms with van der Waals surface area (Å²) in [5.74, 6) is -3.34. The van der Waals surface area contributed by atoms with Crippen LogP contribution in [0.25, 0.3) is 11.0 Å². The molecular weight excluding hydrogens is 422 g/mol. The number of carbonyl (C=O) groups is 1. The molecule has 0 unspecified atom stereocenters. The monoisotopic (exact) mass is 447 g/mol. The smallest absolute Gasteiger partial charge is 0.387 e. The number of fused-ring (bicyclic) bond motifs is 1. The first-order valence-corrected chi connectivity index (χ1v) is 10.0. The van der Waals surface area contributed by atoms with Crippen LogP contribution < -0.4 is 15.2 Å². The third-order valence-corrected chi connectivity index (χ3v) is 5.24. The Bertz CT molecular complexity index is 929. The van der Waals surface area contributed by atoms with E-state index in [0.717, 1.165) is 0 Å². The number of rotatable bonds is 9. The van der Waals surface area contributed by atoms with E-state index < -0.39 is 24.0 Å². The zero-order valence-electron chi connectivity index (χ0n) is 17.2. The standard InChI is InChI=1S/C20H25F4N3O4/c1-10(7-15(25)28)9-29-11-3-5-12(6-4-11)30-20-26-17-13(21)8-14(31-19(23)24)16(22)18(17)27(20)2/h8,10-12,19H,3-7,9H2,1-2H3,(H2,25,28)/t10-,11?,12?/m1/s1. The fourth-order valence-electron chi connectivity index (χ4n) is 3.72. The second-order valence-corrected chi connectivity index (χ2v) is 7.83. The maximum atomic E-state index is 14.6. The summed E-state index contributed by atoms with van der Waals surface area (Å²) < 4.78 is 70.6. The number of nitrogens with two attached hydrogens (primary N) is 1. The number of ether oxygens (including phenoxy) is 3. The van der Waals surface area contributed by atoms with Crippen LogP contribution in [0.2, 0.25) is 0 Å². The molecule has 0 spiro atoms. The first-order valence-electron chi connectivity index (χ1n) is 10.0. The van der Waals surface area contributed by atoms with Gasteiger partial charge in [0.25, 0.3) is 6.01 Å². The molecule has 7 nitrogen and oxygen atoms in total. The van der Waals surface area contributed by atoms with Crippen molar-refractivity contribution in [3.63, 3.8) is 0 Å². The van der Waals surface area contributed by atoms with Crippen molar-refractivity contribution < 1.29 is 36.6 Å². The van der Waals surface area contributed by atoms with Crippen LogP contribution >= 0.6 is 0 Å². The first kappa shape index (κ1) is 23.1. The molecule has 1 aliphatic rings. The molecule has 1 aliphatic carbocycles. The van der Waals surface area contributed by atoms with Crippen molar-refractivity contribution in [3.8, 4) is 11.8 Å². The zero-order valence-corrected chi connectivity index (χ0v) is 17.2. The molecule has 1 atom stereocenters. The number of nitrogens with zero attached hydrogens (tertiary/aromatic N) is 2. The van der Waals surface area contributed by atoms with Crippen molar-refractivity contribution in [3.05, 3.63) is 17.7 Å². The summed E-state index contributed by atoms with van der Waals surface area (Å²) in [7, 11) is 1.41. The van der Waals surface area contributed by atoms with E-state index in [1.165, 1.54) is 11.6 Å². The highest BCUT2D eigenvalue weighted by atomic mass is 19.3. The lowest BCUT2D eigenvalue weighted by molar-refractivity contribution is -0.119. The molecule has 2 N–H and O–H groups in total. The van der Waals surface area contributed by atoms with Gasteiger partial charge in [-0.3, -0.25) is 9.36 Å². The highest BCUT2D eigenvalue weighted by molar-refractivity contribution is 5.80. The minimum absolute atomic E-state index is 0.0126. The normalized spacial score (nSPS) is 20.2. The summed E-state index contributed by atoms with van der Waals surface area (Å²) in [5, 5.41) is 0. The van der Waals surface area contributed by atoms with Gasteiger partial charge in [-0.05, 0) is 31.6 Å². The van der Waals surface area contributed by atoms with E-state index in [4.69, 9.17) is 15.2 Å². The second kappa shape index (κ2) is 9.71. The van der Waals surface area contributed by atoms with Crippen LogP contribution in [-0.4, -0.2) is 40.9 Å². The van der Waals surface area contributed by atoms with Crippen LogP contribution in [0.15, 0.2) is 6.07 Å². The topological polar surface area (TPSA) is 88.6 Å². The Morgan fingerprint density at radius 3 is 2.52 bits per heavy atom. The van der Waals surface area contributed by atoms with Gasteiger partial charge < -0.3 is 19.9 Å². The average Bonchev–Trinajstić information content (AvgIpc) is 3.01. The van der Waals surface area contributed by atoms with Crippen LogP contribution in [-0.2, 0) is 16.6 Å². The second-order valence-electron chi connectivity index (χ2n) is 7.83. The molecule has 31 heavy (non-hydrogen) atoms. The summed E-state index contributed by atoms with van der Waals surface area (Å²) in [6.07, 6.45) is 2.77. The van der Waals surface area contributed by atoms with Crippen LogP contribution in [0.4, 0.5) is 17.6 Å². The van der Waals surface area contributed by atoms with Crippen molar-refractivity contribution in [2.45, 2.75) is 57.8 Å². The Labute approximate surface area is 176 Å². The maximum Gasteiger partial charge on any atom is 0.387 e. The first-order chi connectivity index (χ1) is 14.7. The van der Waals surface area contributed by atoms with Gasteiger partial charge in [-0.2, -0.15) is 13.8 Å². The number of hydrogen-bond donors (Lipinski definition) is 1. The van der Waals surface area contributed by atoms with Crippen molar-refractivity contribution in [2.24, 2.45) is 18.7 Å². The van der Waals surface area contributed by atoms with Crippen molar-refractivity contribution in [1.29, 1.82) is 0 Å². The Kier molecular flexibility index (Phi) is 7.24. The molecule has 11 heteroatoms. The van der Waals surface area contributed by atoms with Crippen LogP contribution in [0, 0.1) is 17.6 Å². The number of primary amides is 1. The molecule has 1 aromatic heterocycles. The predicted molar refractivity (Wildman–Crippen MR) is 103 cm³/mol. The number of alkyl halides is 2. The predicted octanol–water partition coefficient (Wildman–Crippen LogP) is 3.67. The Morgan fingerprint density at radius 2 is 1.90 bits per heavy atom. The molecule has 172 valence electrons. The van der Waals surface area contributed by atoms with E-state index in [1.54, 1.807) is 0 Å². The van der Waals surface area contributed by atoms with Gasteiger partial charge >= 0.3 is 6.61 Å². The third-order valence-electron chi connectivity index (χ3n) is 5.24. The van der Waals surface area contributed by atoms with Gasteiger partial charge in [0.1, 0.15) is 17.1 Å². The van der Waals surface area contributed by atoms with E-state index in [2.05, 4.69) is 9.72 Å². The molecule has 0 saturated heterocycles. The minimum atomic E-state index is -3.29. The van der Waals surface area contributed by atoms with Gasteiger partial charge in [-0.25, -0.2) is 8.78 Å². The van der Waals surface area contributed by atoms with E-state index in [9.17, 15) is 22.4 Å². The van der Waals surface area contributed by atoms with Gasteiger partial charge in [0.15, 0.2) is 17.4 Å². The van der Waals surface area contributed by atoms with E-state index in [-0.39, 0.29) is 47.5 Å². The number of hydrogen-bond acceptors (Lipinski definition) is 5. The van der Waals surface area contributed by atoms with Crippen LogP contribution in [0.3, 0.4) is 0 Å². The molecule has 1 saturated carbocycles. The summed E-state index contributed by atoms with van der Waals surface area (Å²) >= 11 is 0. The summed E-state index contributed by atoms with van der Waals surface area (Å²) in [6.45, 7) is -0.960. The molecule has 2 aromatic rings. The maximum absolute atomic E-state index is 14.6. The Morgan fingerprint density at radius 1 is 1.26 bits per heavy atom. The molecule has 1 amide bonds. The number of halogens is 4. The number of carbonyl (C=O) groups excluding carboxylic acids is 1. The minimum Gasteiger partial charge on any atom is -0.461 e. The van der Waals surface area contributed by atoms with Gasteiger partial charge in [0.2, 0.25) is 5.91 Å². The summed E-state index contributed by atoms with van der Waals surface area (Å²) in [6, 6.07) is 0.531. The Hall–Kier alpha value is -2.56. The lowest BCUT2D eigenvalue weighted by Gasteiger charge is -2.29. The highest BCUT2D eigenvalue weighted by Gasteiger charge is 2.27. The van der Waals surface area contributed by atoms with Crippen molar-refractivity contribution in [1.82, 2.24) is 9.55 Å². The van der Waals surface area contributed by atoms with Crippen LogP contribution in [0.5, 0.6) is 11.8 Å². The SMILES string of the molecule is C[C@@H](COC1CCC(Oc2nc3c(F)cc(OC(F)F)c(F)c3n2C)CC1)CC(N)=O. The third kappa shape index (κ3) is 5.57. The molecule has 3 rings (SSSR count). The van der Waals surface area contributed by atoms with Gasteiger partial charge in [-0.15, -0.1) is 0 Å². The van der Waals surface area contributed by atoms with Gasteiger partial charge in [0, 0.05) is 26.1 Å². The molecule has 0 bridgehead atoms. The molecule has 1 aromatic carbocycles. The van der Waals surface area contributed by atoms with Crippen molar-refractivity contribution in [2.75, 3.05) is 6.61 Å². The van der Waals surface area contributed by atoms with Gasteiger partial charge in [0.05, 0.1) is 6.10 Å². The fraction of sp³-hybridized carbons (Fsp3) is 0.600.